The number of nitrogens with zero attached hydrogens (tertiary/aromatic N) is 3. The van der Waals surface area contributed by atoms with Crippen molar-refractivity contribution >= 4 is 23.2 Å². The summed E-state index contributed by atoms with van der Waals surface area (Å²) in [4.78, 5) is 24.5. The topological polar surface area (TPSA) is 86.9 Å². The Bertz CT molecular complexity index is 1090. The molecular weight excluding hydrogens is 396 g/mol. The summed E-state index contributed by atoms with van der Waals surface area (Å²) in [5, 5.41) is 7.57. The van der Waals surface area contributed by atoms with E-state index in [1.54, 1.807) is 30.5 Å². The monoisotopic (exact) mass is 416 g/mol. The zero-order valence-corrected chi connectivity index (χ0v) is 16.5. The Balaban J connectivity index is 1.30. The van der Waals surface area contributed by atoms with Crippen LogP contribution in [0.3, 0.4) is 0 Å². The number of carbonyl (C=O) groups excluding carboxylic acids is 1. The number of nitrogens with one attached hydrogen (secondary N) is 1. The Morgan fingerprint density at radius 3 is 2.97 bits per heavy atom. The first kappa shape index (κ1) is 19.3. The Labute approximate surface area is 172 Å². The molecule has 0 saturated heterocycles. The smallest absolute Gasteiger partial charge is 0.350 e. The lowest BCUT2D eigenvalue weighted by Crippen LogP contribution is -2.28. The minimum Gasteiger partial charge on any atom is -0.489 e. The highest BCUT2D eigenvalue weighted by Gasteiger charge is 2.16. The fraction of sp³-hybridized carbons (Fsp3) is 0.350. The van der Waals surface area contributed by atoms with Gasteiger partial charge in [0.05, 0.1) is 24.7 Å². The van der Waals surface area contributed by atoms with Crippen LogP contribution in [0.5, 0.6) is 11.5 Å². The Morgan fingerprint density at radius 2 is 2.10 bits per heavy atom. The Morgan fingerprint density at radius 1 is 1.24 bits per heavy atom. The van der Waals surface area contributed by atoms with Crippen LogP contribution in [0.4, 0.5) is 0 Å². The molecule has 4 rings (SSSR count). The predicted octanol–water partition coefficient (Wildman–Crippen LogP) is 2.06. The number of amides is 1. The van der Waals surface area contributed by atoms with Crippen molar-refractivity contribution in [2.45, 2.75) is 25.8 Å². The summed E-state index contributed by atoms with van der Waals surface area (Å²) in [5.41, 5.74) is 1.18. The van der Waals surface area contributed by atoms with Crippen LogP contribution in [0.1, 0.15) is 18.4 Å². The van der Waals surface area contributed by atoms with E-state index >= 15 is 0 Å². The van der Waals surface area contributed by atoms with E-state index in [2.05, 4.69) is 10.4 Å². The fourth-order valence-corrected chi connectivity index (χ4v) is 3.49. The number of aryl methyl sites for hydroxylation is 1. The van der Waals surface area contributed by atoms with Gasteiger partial charge in [0.15, 0.2) is 17.1 Å². The molecule has 0 atom stereocenters. The number of pyridine rings is 1. The maximum absolute atomic E-state index is 12.3. The second-order valence-electron chi connectivity index (χ2n) is 6.77. The molecule has 1 aliphatic rings. The third-order valence-electron chi connectivity index (χ3n) is 4.58. The molecular formula is C20H21ClN4O4. The van der Waals surface area contributed by atoms with Gasteiger partial charge in [-0.2, -0.15) is 0 Å². The number of rotatable bonds is 6. The standard InChI is InChI=1S/C20H21ClN4O4/c21-15-11-14(12-16-19(15)29-10-4-9-28-16)13-18(26)22-6-3-8-25-20(27)24-7-2-1-5-17(24)23-25/h1-2,5,7,11-12H,3-4,6,8-10,13H2,(H,22,26). The number of halogens is 1. The lowest BCUT2D eigenvalue weighted by Gasteiger charge is -2.11. The van der Waals surface area contributed by atoms with Gasteiger partial charge in [-0.25, -0.2) is 9.48 Å². The van der Waals surface area contributed by atoms with Gasteiger partial charge in [-0.3, -0.25) is 9.20 Å². The van der Waals surface area contributed by atoms with Crippen LogP contribution in [-0.4, -0.2) is 39.8 Å². The lowest BCUT2D eigenvalue weighted by molar-refractivity contribution is -0.120. The molecule has 0 spiro atoms. The first-order valence-corrected chi connectivity index (χ1v) is 9.88. The largest absolute Gasteiger partial charge is 0.489 e. The van der Waals surface area contributed by atoms with Crippen LogP contribution in [0.25, 0.3) is 5.65 Å². The number of fused-ring (bicyclic) bond motifs is 2. The molecule has 3 aromatic rings. The van der Waals surface area contributed by atoms with Crippen LogP contribution >= 0.6 is 11.6 Å². The van der Waals surface area contributed by atoms with E-state index in [1.165, 1.54) is 9.08 Å². The SMILES string of the molecule is O=C(Cc1cc(Cl)c2c(c1)OCCCO2)NCCCn1nc2ccccn2c1=O. The summed E-state index contributed by atoms with van der Waals surface area (Å²) in [6.07, 6.45) is 3.25. The number of hydrogen-bond acceptors (Lipinski definition) is 5. The number of hydrogen-bond donors (Lipinski definition) is 1. The van der Waals surface area contributed by atoms with Crippen molar-refractivity contribution < 1.29 is 14.3 Å². The summed E-state index contributed by atoms with van der Waals surface area (Å²) in [5.74, 6) is 0.980. The third-order valence-corrected chi connectivity index (χ3v) is 4.86. The van der Waals surface area contributed by atoms with Gasteiger partial charge < -0.3 is 14.8 Å². The van der Waals surface area contributed by atoms with Crippen LogP contribution in [-0.2, 0) is 17.8 Å². The van der Waals surface area contributed by atoms with Crippen molar-refractivity contribution in [2.24, 2.45) is 0 Å². The van der Waals surface area contributed by atoms with Crippen LogP contribution < -0.4 is 20.5 Å². The number of aromatic nitrogens is 3. The average Bonchev–Trinajstić information content (AvgIpc) is 2.87. The maximum Gasteiger partial charge on any atom is 0.350 e. The quantitative estimate of drug-likeness (QED) is 0.621. The van der Waals surface area contributed by atoms with Gasteiger partial charge in [-0.05, 0) is 36.2 Å². The van der Waals surface area contributed by atoms with Gasteiger partial charge in [0.2, 0.25) is 5.91 Å². The van der Waals surface area contributed by atoms with Crippen molar-refractivity contribution in [2.75, 3.05) is 19.8 Å². The van der Waals surface area contributed by atoms with E-state index in [4.69, 9.17) is 21.1 Å². The molecule has 0 saturated carbocycles. The van der Waals surface area contributed by atoms with Crippen molar-refractivity contribution in [3.63, 3.8) is 0 Å². The molecule has 9 heteroatoms. The highest BCUT2D eigenvalue weighted by atomic mass is 35.5. The molecule has 3 heterocycles. The maximum atomic E-state index is 12.3. The van der Waals surface area contributed by atoms with E-state index in [1.807, 2.05) is 6.07 Å². The Kier molecular flexibility index (Phi) is 5.71. The zero-order valence-electron chi connectivity index (χ0n) is 15.8. The van der Waals surface area contributed by atoms with E-state index in [-0.39, 0.29) is 18.0 Å². The molecule has 1 aromatic carbocycles. The highest BCUT2D eigenvalue weighted by Crippen LogP contribution is 2.38. The van der Waals surface area contributed by atoms with Gasteiger partial charge in [-0.15, -0.1) is 5.10 Å². The predicted molar refractivity (Wildman–Crippen MR) is 108 cm³/mol. The first-order chi connectivity index (χ1) is 14.1. The molecule has 1 aliphatic heterocycles. The summed E-state index contributed by atoms with van der Waals surface area (Å²) in [6.45, 7) is 1.98. The second-order valence-corrected chi connectivity index (χ2v) is 7.18. The molecule has 0 bridgehead atoms. The van der Waals surface area contributed by atoms with E-state index in [0.717, 1.165) is 12.0 Å². The number of ether oxygens (including phenoxy) is 2. The average molecular weight is 417 g/mol. The van der Waals surface area contributed by atoms with Gasteiger partial charge in [0.25, 0.3) is 0 Å². The highest BCUT2D eigenvalue weighted by molar-refractivity contribution is 6.32. The normalized spacial score (nSPS) is 13.3. The lowest BCUT2D eigenvalue weighted by atomic mass is 10.1. The van der Waals surface area contributed by atoms with E-state index in [0.29, 0.717) is 54.9 Å². The summed E-state index contributed by atoms with van der Waals surface area (Å²) >= 11 is 6.27. The molecule has 0 radical (unpaired) electrons. The molecule has 8 nitrogen and oxygen atoms in total. The van der Waals surface area contributed by atoms with Crippen molar-refractivity contribution in [1.82, 2.24) is 19.5 Å². The third kappa shape index (κ3) is 4.37. The fourth-order valence-electron chi connectivity index (χ4n) is 3.20. The molecule has 29 heavy (non-hydrogen) atoms. The Hall–Kier alpha value is -3.00. The molecule has 2 aromatic heterocycles. The molecule has 1 N–H and O–H groups in total. The molecule has 0 aliphatic carbocycles. The molecule has 152 valence electrons. The second kappa shape index (κ2) is 8.57. The first-order valence-electron chi connectivity index (χ1n) is 9.51. The zero-order chi connectivity index (χ0) is 20.2. The minimum atomic E-state index is -0.186. The number of benzene rings is 1. The number of carbonyl (C=O) groups is 1. The van der Waals surface area contributed by atoms with E-state index < -0.39 is 0 Å². The summed E-state index contributed by atoms with van der Waals surface area (Å²) in [7, 11) is 0. The molecule has 1 amide bonds. The summed E-state index contributed by atoms with van der Waals surface area (Å²) < 4.78 is 14.2. The van der Waals surface area contributed by atoms with Crippen LogP contribution in [0.2, 0.25) is 5.02 Å². The minimum absolute atomic E-state index is 0.127. The molecule has 0 fully saturated rings. The van der Waals surface area contributed by atoms with Gasteiger partial charge in [-0.1, -0.05) is 17.7 Å². The van der Waals surface area contributed by atoms with E-state index in [9.17, 15) is 9.59 Å². The van der Waals surface area contributed by atoms with Crippen molar-refractivity contribution in [3.8, 4) is 11.5 Å². The van der Waals surface area contributed by atoms with Gasteiger partial charge in [0, 0.05) is 25.7 Å². The van der Waals surface area contributed by atoms with Crippen molar-refractivity contribution in [3.05, 3.63) is 57.6 Å². The van der Waals surface area contributed by atoms with Crippen LogP contribution in [0.15, 0.2) is 41.3 Å². The molecule has 0 unspecified atom stereocenters. The van der Waals surface area contributed by atoms with Crippen molar-refractivity contribution in [1.29, 1.82) is 0 Å². The van der Waals surface area contributed by atoms with Gasteiger partial charge >= 0.3 is 5.69 Å². The van der Waals surface area contributed by atoms with Gasteiger partial charge in [0.1, 0.15) is 0 Å². The summed E-state index contributed by atoms with van der Waals surface area (Å²) in [6, 6.07) is 8.91. The van der Waals surface area contributed by atoms with Crippen LogP contribution in [0, 0.1) is 0 Å².